The number of aromatic amines is 1. The lowest BCUT2D eigenvalue weighted by molar-refractivity contribution is -0.130. The number of fused-ring (bicyclic) bond motifs is 1. The molecule has 0 saturated carbocycles. The van der Waals surface area contributed by atoms with E-state index in [1.54, 1.807) is 19.1 Å². The Morgan fingerprint density at radius 3 is 2.88 bits per heavy atom. The van der Waals surface area contributed by atoms with E-state index in [0.717, 1.165) is 49.8 Å². The first-order valence-electron chi connectivity index (χ1n) is 9.20. The number of likely N-dealkylation sites (tertiary alicyclic amines) is 2. The van der Waals surface area contributed by atoms with Crippen LogP contribution in [0, 0.1) is 17.7 Å². The molecule has 26 heavy (non-hydrogen) atoms. The van der Waals surface area contributed by atoms with Gasteiger partial charge in [0.2, 0.25) is 5.91 Å². The van der Waals surface area contributed by atoms with E-state index >= 15 is 0 Å². The van der Waals surface area contributed by atoms with Crippen LogP contribution in [0.4, 0.5) is 4.39 Å². The highest BCUT2D eigenvalue weighted by Gasteiger charge is 2.48. The number of amides is 1. The third kappa shape index (κ3) is 3.11. The van der Waals surface area contributed by atoms with E-state index in [4.69, 9.17) is 0 Å². The molecule has 0 radical (unpaired) electrons. The Morgan fingerprint density at radius 1 is 1.35 bits per heavy atom. The number of carbonyl (C=O) groups is 1. The zero-order valence-electron chi connectivity index (χ0n) is 15.2. The predicted molar refractivity (Wildman–Crippen MR) is 94.5 cm³/mol. The summed E-state index contributed by atoms with van der Waals surface area (Å²) in [6, 6.07) is 6.61. The van der Waals surface area contributed by atoms with Crippen LogP contribution in [-0.4, -0.2) is 50.5 Å². The molecule has 3 heterocycles. The molecule has 1 aromatic heterocycles. The summed E-state index contributed by atoms with van der Waals surface area (Å²) < 4.78 is 13.8. The van der Waals surface area contributed by atoms with Crippen LogP contribution in [0.3, 0.4) is 0 Å². The molecule has 4 rings (SSSR count). The van der Waals surface area contributed by atoms with Gasteiger partial charge in [-0.15, -0.1) is 0 Å². The van der Waals surface area contributed by atoms with Crippen LogP contribution in [0.5, 0.6) is 0 Å². The Bertz CT molecular complexity index is 807. The maximum atomic E-state index is 13.8. The van der Waals surface area contributed by atoms with Gasteiger partial charge in [0, 0.05) is 38.9 Å². The highest BCUT2D eigenvalue weighted by Crippen LogP contribution is 2.45. The van der Waals surface area contributed by atoms with Crippen molar-refractivity contribution in [2.45, 2.75) is 32.9 Å². The Hall–Kier alpha value is -2.28. The van der Waals surface area contributed by atoms with Crippen LogP contribution < -0.4 is 0 Å². The lowest BCUT2D eigenvalue weighted by atomic mass is 9.89. The summed E-state index contributed by atoms with van der Waals surface area (Å²) in [4.78, 5) is 20.9. The maximum absolute atomic E-state index is 13.8. The summed E-state index contributed by atoms with van der Waals surface area (Å²) in [6.45, 7) is 6.89. The molecule has 2 fully saturated rings. The fourth-order valence-corrected chi connectivity index (χ4v) is 4.48. The Kier molecular flexibility index (Phi) is 4.48. The molecule has 2 aromatic rings. The van der Waals surface area contributed by atoms with Gasteiger partial charge in [-0.25, -0.2) is 9.37 Å². The summed E-state index contributed by atoms with van der Waals surface area (Å²) in [5, 5.41) is 7.21. The first-order valence-corrected chi connectivity index (χ1v) is 9.20. The number of nitrogens with zero attached hydrogens (tertiary/aromatic N) is 4. The third-order valence-electron chi connectivity index (χ3n) is 5.60. The van der Waals surface area contributed by atoms with Crippen LogP contribution in [0.15, 0.2) is 24.3 Å². The van der Waals surface area contributed by atoms with Gasteiger partial charge in [0.1, 0.15) is 17.5 Å². The van der Waals surface area contributed by atoms with Crippen LogP contribution in [-0.2, 0) is 17.8 Å². The molecule has 1 amide bonds. The van der Waals surface area contributed by atoms with Gasteiger partial charge in [0.25, 0.3) is 0 Å². The summed E-state index contributed by atoms with van der Waals surface area (Å²) in [6.07, 6.45) is 0.816. The van der Waals surface area contributed by atoms with E-state index in [0.29, 0.717) is 11.8 Å². The average molecular weight is 357 g/mol. The normalized spacial score (nSPS) is 25.7. The molecule has 1 N–H and O–H groups in total. The standard InChI is InChI=1S/C19H24FN5O/c1-3-17-21-18(23-22-17)11-24-8-14-9-25(12(2)26)19(16(14)10-24)13-5-4-6-15(20)7-13/h4-7,14,16,19H,3,8-11H2,1-2H3,(H,21,22,23)/t14-,16-,19+/m1/s1. The maximum Gasteiger partial charge on any atom is 0.219 e. The van der Waals surface area contributed by atoms with Crippen LogP contribution in [0.1, 0.15) is 37.1 Å². The zero-order valence-corrected chi connectivity index (χ0v) is 15.2. The summed E-state index contributed by atoms with van der Waals surface area (Å²) in [5.41, 5.74) is 0.891. The Labute approximate surface area is 152 Å². The molecule has 0 spiro atoms. The van der Waals surface area contributed by atoms with Crippen molar-refractivity contribution in [1.82, 2.24) is 25.0 Å². The highest BCUT2D eigenvalue weighted by atomic mass is 19.1. The second-order valence-electron chi connectivity index (χ2n) is 7.34. The molecule has 2 saturated heterocycles. The van der Waals surface area contributed by atoms with Gasteiger partial charge in [-0.3, -0.25) is 14.8 Å². The van der Waals surface area contributed by atoms with E-state index < -0.39 is 0 Å². The molecule has 3 atom stereocenters. The molecule has 0 aliphatic carbocycles. The first-order chi connectivity index (χ1) is 12.5. The van der Waals surface area contributed by atoms with Gasteiger partial charge < -0.3 is 4.90 Å². The second-order valence-corrected chi connectivity index (χ2v) is 7.34. The minimum Gasteiger partial charge on any atom is -0.335 e. The molecular weight excluding hydrogens is 333 g/mol. The molecule has 2 aliphatic heterocycles. The van der Waals surface area contributed by atoms with Crippen LogP contribution in [0.25, 0.3) is 0 Å². The lowest BCUT2D eigenvalue weighted by Gasteiger charge is -2.29. The first kappa shape index (κ1) is 17.1. The lowest BCUT2D eigenvalue weighted by Crippen LogP contribution is -2.34. The van der Waals surface area contributed by atoms with Gasteiger partial charge in [0.05, 0.1) is 12.6 Å². The zero-order chi connectivity index (χ0) is 18.3. The number of H-pyrrole nitrogens is 1. The van der Waals surface area contributed by atoms with E-state index in [1.807, 2.05) is 17.9 Å². The monoisotopic (exact) mass is 357 g/mol. The second kappa shape index (κ2) is 6.79. The quantitative estimate of drug-likeness (QED) is 0.911. The Balaban J connectivity index is 1.53. The molecule has 0 bridgehead atoms. The third-order valence-corrected chi connectivity index (χ3v) is 5.60. The van der Waals surface area contributed by atoms with E-state index in [1.165, 1.54) is 6.07 Å². The number of carbonyl (C=O) groups excluding carboxylic acids is 1. The number of aromatic nitrogens is 3. The molecule has 1 aromatic carbocycles. The highest BCUT2D eigenvalue weighted by molar-refractivity contribution is 5.74. The number of rotatable bonds is 4. The van der Waals surface area contributed by atoms with Crippen molar-refractivity contribution < 1.29 is 9.18 Å². The van der Waals surface area contributed by atoms with Crippen molar-refractivity contribution >= 4 is 5.91 Å². The van der Waals surface area contributed by atoms with E-state index in [2.05, 4.69) is 20.1 Å². The number of hydrogen-bond acceptors (Lipinski definition) is 4. The van der Waals surface area contributed by atoms with Crippen molar-refractivity contribution in [2.24, 2.45) is 11.8 Å². The van der Waals surface area contributed by atoms with Gasteiger partial charge in [-0.05, 0) is 23.6 Å². The van der Waals surface area contributed by atoms with Crippen molar-refractivity contribution in [1.29, 1.82) is 0 Å². The van der Waals surface area contributed by atoms with Gasteiger partial charge >= 0.3 is 0 Å². The minimum absolute atomic E-state index is 0.0564. The number of halogens is 1. The smallest absolute Gasteiger partial charge is 0.219 e. The molecule has 138 valence electrons. The number of hydrogen-bond donors (Lipinski definition) is 1. The minimum atomic E-state index is -0.252. The van der Waals surface area contributed by atoms with Crippen molar-refractivity contribution in [2.75, 3.05) is 19.6 Å². The molecule has 6 nitrogen and oxygen atoms in total. The van der Waals surface area contributed by atoms with Gasteiger partial charge in [0.15, 0.2) is 0 Å². The molecular formula is C19H24FN5O. The SMILES string of the molecule is CCc1n[nH]c(CN2C[C@@H]3CN(C(C)=O)[C@@H](c4cccc(F)c4)[C@@H]3C2)n1. The molecule has 7 heteroatoms. The summed E-state index contributed by atoms with van der Waals surface area (Å²) in [7, 11) is 0. The molecule has 0 unspecified atom stereocenters. The fraction of sp³-hybridized carbons (Fsp3) is 0.526. The van der Waals surface area contributed by atoms with Crippen molar-refractivity contribution in [3.63, 3.8) is 0 Å². The van der Waals surface area contributed by atoms with Gasteiger partial charge in [-0.2, -0.15) is 5.10 Å². The summed E-state index contributed by atoms with van der Waals surface area (Å²) >= 11 is 0. The number of aryl methyl sites for hydroxylation is 1. The predicted octanol–water partition coefficient (Wildman–Crippen LogP) is 2.16. The van der Waals surface area contributed by atoms with Gasteiger partial charge in [-0.1, -0.05) is 19.1 Å². The Morgan fingerprint density at radius 2 is 2.19 bits per heavy atom. The van der Waals surface area contributed by atoms with Crippen molar-refractivity contribution in [3.8, 4) is 0 Å². The van der Waals surface area contributed by atoms with Crippen molar-refractivity contribution in [3.05, 3.63) is 47.3 Å². The number of benzene rings is 1. The van der Waals surface area contributed by atoms with Crippen LogP contribution in [0.2, 0.25) is 0 Å². The van der Waals surface area contributed by atoms with E-state index in [-0.39, 0.29) is 17.8 Å². The molecule has 2 aliphatic rings. The topological polar surface area (TPSA) is 65.1 Å². The van der Waals surface area contributed by atoms with Crippen LogP contribution >= 0.6 is 0 Å². The largest absolute Gasteiger partial charge is 0.335 e. The van der Waals surface area contributed by atoms with E-state index in [9.17, 15) is 9.18 Å². The fourth-order valence-electron chi connectivity index (χ4n) is 4.48. The average Bonchev–Trinajstić information content (AvgIpc) is 3.28. The summed E-state index contributed by atoms with van der Waals surface area (Å²) in [5.74, 6) is 2.24. The number of nitrogens with one attached hydrogen (secondary N) is 1.